The molecule has 5 aromatic rings. The third-order valence-corrected chi connectivity index (χ3v) is 7.61. The summed E-state index contributed by atoms with van der Waals surface area (Å²) in [4.78, 5) is 19.2. The van der Waals surface area contributed by atoms with Crippen molar-refractivity contribution < 1.29 is 14.0 Å². The first-order valence-corrected chi connectivity index (χ1v) is 14.0. The van der Waals surface area contributed by atoms with Gasteiger partial charge < -0.3 is 24.2 Å². The highest BCUT2D eigenvalue weighted by atomic mass is 16.7. The zero-order valence-corrected chi connectivity index (χ0v) is 23.2. The fourth-order valence-electron chi connectivity index (χ4n) is 5.45. The first-order chi connectivity index (χ1) is 20.8. The van der Waals surface area contributed by atoms with Crippen molar-refractivity contribution in [3.8, 4) is 28.2 Å². The maximum Gasteiger partial charge on any atom is 0.232 e. The molecule has 9 nitrogen and oxygen atoms in total. The largest absolute Gasteiger partial charge is 0.497 e. The van der Waals surface area contributed by atoms with Crippen LogP contribution in [0.5, 0.6) is 5.75 Å². The average Bonchev–Trinajstić information content (AvgIpc) is 3.74. The van der Waals surface area contributed by atoms with Crippen molar-refractivity contribution in [1.82, 2.24) is 15.3 Å². The van der Waals surface area contributed by atoms with Crippen LogP contribution in [-0.2, 0) is 4.84 Å². The fraction of sp³-hybridized carbons (Fsp3) is 0.182. The Hall–Kier alpha value is -5.15. The van der Waals surface area contributed by atoms with Crippen molar-refractivity contribution in [3.63, 3.8) is 0 Å². The second kappa shape index (κ2) is 11.4. The molecule has 0 amide bonds. The van der Waals surface area contributed by atoms with Crippen LogP contribution in [0.25, 0.3) is 22.5 Å². The standard InChI is InChI=1S/C33H30N6O3/c1-40-27-12-6-23(7-13-27)30-14-15-31(41-30)32-37-42-33(29-5-3-2-4-28(29)24-20-35-22-36-21-24)39(32)26-10-8-25(9-11-26)38-18-16-34-17-19-38/h2-15,20-22,33-34H,16-19H2,1H3. The first-order valence-electron chi connectivity index (χ1n) is 14.0. The molecular formula is C33H30N6O3. The number of oxime groups is 1. The molecule has 0 aliphatic carbocycles. The van der Waals surface area contributed by atoms with Gasteiger partial charge in [0.2, 0.25) is 12.1 Å². The molecule has 42 heavy (non-hydrogen) atoms. The van der Waals surface area contributed by atoms with E-state index in [1.54, 1.807) is 7.11 Å². The molecule has 7 rings (SSSR count). The van der Waals surface area contributed by atoms with Crippen LogP contribution in [0.2, 0.25) is 0 Å². The van der Waals surface area contributed by atoms with Gasteiger partial charge in [-0.15, -0.1) is 0 Å². The number of ether oxygens (including phenoxy) is 1. The molecule has 1 saturated heterocycles. The van der Waals surface area contributed by atoms with Crippen molar-refractivity contribution in [3.05, 3.63) is 115 Å². The predicted molar refractivity (Wildman–Crippen MR) is 163 cm³/mol. The van der Waals surface area contributed by atoms with E-state index in [1.165, 1.54) is 12.0 Å². The quantitative estimate of drug-likeness (QED) is 0.271. The van der Waals surface area contributed by atoms with Crippen LogP contribution in [0.15, 0.2) is 113 Å². The summed E-state index contributed by atoms with van der Waals surface area (Å²) in [6.07, 6.45) is 4.62. The van der Waals surface area contributed by atoms with E-state index >= 15 is 0 Å². The average molecular weight is 559 g/mol. The number of aromatic nitrogens is 2. The Balaban J connectivity index is 1.27. The number of rotatable bonds is 7. The summed E-state index contributed by atoms with van der Waals surface area (Å²) < 4.78 is 11.7. The Labute approximate surface area is 244 Å². The molecule has 9 heteroatoms. The number of hydrogen-bond acceptors (Lipinski definition) is 9. The molecule has 1 atom stereocenters. The molecule has 0 radical (unpaired) electrons. The van der Waals surface area contributed by atoms with E-state index in [0.717, 1.165) is 65.6 Å². The number of nitrogens with zero attached hydrogens (tertiary/aromatic N) is 5. The monoisotopic (exact) mass is 558 g/mol. The van der Waals surface area contributed by atoms with Gasteiger partial charge in [0.1, 0.15) is 17.8 Å². The highest BCUT2D eigenvalue weighted by Crippen LogP contribution is 2.40. The summed E-state index contributed by atoms with van der Waals surface area (Å²) in [5.41, 5.74) is 5.90. The van der Waals surface area contributed by atoms with Crippen LogP contribution in [0, 0.1) is 0 Å². The molecular weight excluding hydrogens is 528 g/mol. The number of nitrogens with one attached hydrogen (secondary N) is 1. The van der Waals surface area contributed by atoms with E-state index in [9.17, 15) is 0 Å². The van der Waals surface area contributed by atoms with Gasteiger partial charge in [-0.25, -0.2) is 9.97 Å². The van der Waals surface area contributed by atoms with E-state index < -0.39 is 6.23 Å². The number of anilines is 2. The van der Waals surface area contributed by atoms with Crippen LogP contribution >= 0.6 is 0 Å². The summed E-state index contributed by atoms with van der Waals surface area (Å²) in [7, 11) is 1.66. The summed E-state index contributed by atoms with van der Waals surface area (Å²) in [6.45, 7) is 3.92. The van der Waals surface area contributed by atoms with Gasteiger partial charge in [-0.3, -0.25) is 4.90 Å². The minimum atomic E-state index is -0.532. The van der Waals surface area contributed by atoms with Gasteiger partial charge in [0.05, 0.1) is 7.11 Å². The van der Waals surface area contributed by atoms with Crippen molar-refractivity contribution >= 4 is 17.2 Å². The van der Waals surface area contributed by atoms with Crippen molar-refractivity contribution in [1.29, 1.82) is 0 Å². The molecule has 0 bridgehead atoms. The topological polar surface area (TPSA) is 88.2 Å². The van der Waals surface area contributed by atoms with E-state index in [2.05, 4.69) is 66.6 Å². The Bertz CT molecular complexity index is 1680. The van der Waals surface area contributed by atoms with E-state index in [-0.39, 0.29) is 0 Å². The van der Waals surface area contributed by atoms with Gasteiger partial charge in [0.15, 0.2) is 5.76 Å². The number of furan rings is 1. The van der Waals surface area contributed by atoms with E-state index in [4.69, 9.17) is 14.0 Å². The van der Waals surface area contributed by atoms with Gasteiger partial charge in [-0.05, 0) is 66.2 Å². The van der Waals surface area contributed by atoms with Crippen molar-refractivity contribution in [2.24, 2.45) is 5.16 Å². The van der Waals surface area contributed by atoms with Crippen molar-refractivity contribution in [2.45, 2.75) is 6.23 Å². The predicted octanol–water partition coefficient (Wildman–Crippen LogP) is 5.72. The lowest BCUT2D eigenvalue weighted by atomic mass is 10.00. The maximum atomic E-state index is 6.37. The van der Waals surface area contributed by atoms with Gasteiger partial charge in [0.25, 0.3) is 0 Å². The molecule has 3 aromatic carbocycles. The molecule has 2 aliphatic rings. The SMILES string of the molecule is COc1ccc(-c2ccc(C3=NOC(c4ccccc4-c4cncnc4)N3c3ccc(N4CCNCC4)cc3)o2)cc1. The van der Waals surface area contributed by atoms with E-state index in [1.807, 2.05) is 60.9 Å². The first kappa shape index (κ1) is 25.8. The highest BCUT2D eigenvalue weighted by molar-refractivity contribution is 6.09. The summed E-state index contributed by atoms with van der Waals surface area (Å²) in [6, 6.07) is 28.3. The van der Waals surface area contributed by atoms with Gasteiger partial charge >= 0.3 is 0 Å². The van der Waals surface area contributed by atoms with Crippen LogP contribution in [-0.4, -0.2) is 49.1 Å². The Morgan fingerprint density at radius 3 is 2.26 bits per heavy atom. The second-order valence-electron chi connectivity index (χ2n) is 10.1. The third kappa shape index (κ3) is 4.95. The van der Waals surface area contributed by atoms with Gasteiger partial charge in [-0.1, -0.05) is 29.4 Å². The van der Waals surface area contributed by atoms with E-state index in [0.29, 0.717) is 11.6 Å². The molecule has 0 saturated carbocycles. The lowest BCUT2D eigenvalue weighted by Crippen LogP contribution is -2.43. The molecule has 1 unspecified atom stereocenters. The number of methoxy groups -OCH3 is 1. The number of amidine groups is 1. The Kier molecular flexibility index (Phi) is 6.99. The number of hydrogen-bond donors (Lipinski definition) is 1. The number of piperazine rings is 1. The highest BCUT2D eigenvalue weighted by Gasteiger charge is 2.37. The molecule has 210 valence electrons. The zero-order chi connectivity index (χ0) is 28.3. The lowest BCUT2D eigenvalue weighted by molar-refractivity contribution is 0.0872. The zero-order valence-electron chi connectivity index (χ0n) is 23.2. The normalized spacial score (nSPS) is 16.7. The summed E-state index contributed by atoms with van der Waals surface area (Å²) >= 11 is 0. The molecule has 0 spiro atoms. The van der Waals surface area contributed by atoms with Crippen LogP contribution in [0.4, 0.5) is 11.4 Å². The van der Waals surface area contributed by atoms with Crippen LogP contribution in [0.1, 0.15) is 17.6 Å². The van der Waals surface area contributed by atoms with Crippen molar-refractivity contribution in [2.75, 3.05) is 43.1 Å². The third-order valence-electron chi connectivity index (χ3n) is 7.61. The smallest absolute Gasteiger partial charge is 0.232 e. The van der Waals surface area contributed by atoms with Crippen LogP contribution < -0.4 is 19.9 Å². The summed E-state index contributed by atoms with van der Waals surface area (Å²) in [5.74, 6) is 2.72. The van der Waals surface area contributed by atoms with Crippen LogP contribution in [0.3, 0.4) is 0 Å². The molecule has 1 N–H and O–H groups in total. The maximum absolute atomic E-state index is 6.37. The molecule has 4 heterocycles. The fourth-order valence-corrected chi connectivity index (χ4v) is 5.45. The van der Waals surface area contributed by atoms with Gasteiger partial charge in [-0.2, -0.15) is 0 Å². The minimum Gasteiger partial charge on any atom is -0.497 e. The molecule has 2 aromatic heterocycles. The molecule has 1 fully saturated rings. The van der Waals surface area contributed by atoms with Gasteiger partial charge in [0, 0.05) is 66.6 Å². The minimum absolute atomic E-state index is 0.532. The lowest BCUT2D eigenvalue weighted by Gasteiger charge is -2.30. The number of benzene rings is 3. The summed E-state index contributed by atoms with van der Waals surface area (Å²) in [5, 5.41) is 8.00. The Morgan fingerprint density at radius 1 is 0.786 bits per heavy atom. The second-order valence-corrected chi connectivity index (χ2v) is 10.1. The molecule has 2 aliphatic heterocycles. The Morgan fingerprint density at radius 2 is 1.50 bits per heavy atom.